The first kappa shape index (κ1) is 17.9. The smallest absolute Gasteiger partial charge is 0.0951 e. The predicted molar refractivity (Wildman–Crippen MR) is 52.3 cm³/mol. The fourth-order valence-electron chi connectivity index (χ4n) is 0.481. The third-order valence-corrected chi connectivity index (χ3v) is 0.896. The SMILES string of the molecule is C#CCNCC(O)CON.Cl.Cl. The van der Waals surface area contributed by atoms with E-state index in [0.29, 0.717) is 13.1 Å². The Kier molecular flexibility index (Phi) is 20.2. The van der Waals surface area contributed by atoms with Gasteiger partial charge in [-0.2, -0.15) is 0 Å². The van der Waals surface area contributed by atoms with E-state index < -0.39 is 6.10 Å². The van der Waals surface area contributed by atoms with Gasteiger partial charge in [-0.25, -0.2) is 5.90 Å². The second kappa shape index (κ2) is 13.6. The average molecular weight is 217 g/mol. The summed E-state index contributed by atoms with van der Waals surface area (Å²) in [6.45, 7) is 0.973. The minimum absolute atomic E-state index is 0. The van der Waals surface area contributed by atoms with Crippen LogP contribution in [0, 0.1) is 12.3 Å². The highest BCUT2D eigenvalue weighted by Crippen LogP contribution is 1.77. The van der Waals surface area contributed by atoms with Crippen LogP contribution in [0.5, 0.6) is 0 Å². The summed E-state index contributed by atoms with van der Waals surface area (Å²) in [7, 11) is 0. The van der Waals surface area contributed by atoms with E-state index in [9.17, 15) is 0 Å². The minimum atomic E-state index is -0.585. The molecule has 1 unspecified atom stereocenters. The van der Waals surface area contributed by atoms with Crippen molar-refractivity contribution < 1.29 is 9.94 Å². The van der Waals surface area contributed by atoms with Gasteiger partial charge < -0.3 is 15.3 Å². The Morgan fingerprint density at radius 3 is 2.58 bits per heavy atom. The van der Waals surface area contributed by atoms with Crippen molar-refractivity contribution in [1.82, 2.24) is 5.32 Å². The predicted octanol–water partition coefficient (Wildman–Crippen LogP) is -0.696. The summed E-state index contributed by atoms with van der Waals surface area (Å²) in [5, 5.41) is 11.7. The molecule has 0 aliphatic heterocycles. The van der Waals surface area contributed by atoms with Gasteiger partial charge in [0.2, 0.25) is 0 Å². The van der Waals surface area contributed by atoms with E-state index in [1.54, 1.807) is 0 Å². The van der Waals surface area contributed by atoms with Crippen molar-refractivity contribution in [2.75, 3.05) is 19.7 Å². The number of terminal acetylenes is 1. The zero-order valence-electron chi connectivity index (χ0n) is 6.53. The number of aliphatic hydroxyl groups is 1. The molecule has 0 aromatic carbocycles. The second-order valence-corrected chi connectivity index (χ2v) is 1.82. The Hall–Kier alpha value is -0.0200. The molecule has 0 saturated carbocycles. The van der Waals surface area contributed by atoms with Gasteiger partial charge in [-0.3, -0.25) is 0 Å². The third-order valence-electron chi connectivity index (χ3n) is 0.896. The summed E-state index contributed by atoms with van der Waals surface area (Å²) in [5.41, 5.74) is 0. The molecule has 0 rings (SSSR count). The van der Waals surface area contributed by atoms with Crippen LogP contribution in [0.15, 0.2) is 0 Å². The van der Waals surface area contributed by atoms with Crippen LogP contribution in [-0.2, 0) is 4.84 Å². The lowest BCUT2D eigenvalue weighted by atomic mass is 10.4. The first-order chi connectivity index (χ1) is 4.81. The van der Waals surface area contributed by atoms with Crippen molar-refractivity contribution in [3.63, 3.8) is 0 Å². The minimum Gasteiger partial charge on any atom is -0.389 e. The molecule has 0 fully saturated rings. The fourth-order valence-corrected chi connectivity index (χ4v) is 0.481. The molecule has 0 aromatic rings. The lowest BCUT2D eigenvalue weighted by Gasteiger charge is -2.07. The highest BCUT2D eigenvalue weighted by Gasteiger charge is 2.00. The van der Waals surface area contributed by atoms with Crippen molar-refractivity contribution in [2.24, 2.45) is 5.90 Å². The van der Waals surface area contributed by atoms with Gasteiger partial charge in [0.25, 0.3) is 0 Å². The number of hydrogen-bond donors (Lipinski definition) is 3. The Labute approximate surface area is 84.6 Å². The number of aliphatic hydroxyl groups excluding tert-OH is 1. The summed E-state index contributed by atoms with van der Waals surface area (Å²) in [4.78, 5) is 4.19. The van der Waals surface area contributed by atoms with Gasteiger partial charge >= 0.3 is 0 Å². The molecule has 6 heteroatoms. The maximum atomic E-state index is 8.94. The van der Waals surface area contributed by atoms with E-state index in [0.717, 1.165) is 0 Å². The highest BCUT2D eigenvalue weighted by molar-refractivity contribution is 5.85. The molecule has 0 aromatic heterocycles. The highest BCUT2D eigenvalue weighted by atomic mass is 35.5. The summed E-state index contributed by atoms with van der Waals surface area (Å²) >= 11 is 0. The number of nitrogens with one attached hydrogen (secondary N) is 1. The number of rotatable bonds is 5. The van der Waals surface area contributed by atoms with E-state index in [1.165, 1.54) is 0 Å². The number of hydrogen-bond acceptors (Lipinski definition) is 4. The molecule has 0 bridgehead atoms. The lowest BCUT2D eigenvalue weighted by Crippen LogP contribution is -2.31. The molecule has 0 radical (unpaired) electrons. The normalized spacial score (nSPS) is 10.4. The topological polar surface area (TPSA) is 67.5 Å². The molecule has 0 aliphatic carbocycles. The maximum absolute atomic E-state index is 8.94. The van der Waals surface area contributed by atoms with Crippen LogP contribution in [-0.4, -0.2) is 30.9 Å². The lowest BCUT2D eigenvalue weighted by molar-refractivity contribution is 0.0374. The van der Waals surface area contributed by atoms with Gasteiger partial charge in [-0.05, 0) is 0 Å². The number of halogens is 2. The Morgan fingerprint density at radius 1 is 1.58 bits per heavy atom. The number of nitrogens with two attached hydrogens (primary N) is 1. The van der Waals surface area contributed by atoms with Gasteiger partial charge in [0.15, 0.2) is 0 Å². The van der Waals surface area contributed by atoms with Crippen molar-refractivity contribution >= 4 is 24.8 Å². The zero-order chi connectivity index (χ0) is 7.82. The molecule has 74 valence electrons. The standard InChI is InChI=1S/C6H12N2O2.2ClH/c1-2-3-8-4-6(9)5-10-7;;/h1,6,8-9H,3-5,7H2;2*1H. The summed E-state index contributed by atoms with van der Waals surface area (Å²) in [6.07, 6.45) is 4.35. The Balaban J connectivity index is -0.000000405. The molecule has 0 saturated heterocycles. The van der Waals surface area contributed by atoms with Crippen molar-refractivity contribution in [2.45, 2.75) is 6.10 Å². The third kappa shape index (κ3) is 12.6. The molecule has 1 atom stereocenters. The van der Waals surface area contributed by atoms with E-state index in [1.807, 2.05) is 0 Å². The summed E-state index contributed by atoms with van der Waals surface area (Å²) < 4.78 is 0. The first-order valence-electron chi connectivity index (χ1n) is 2.95. The van der Waals surface area contributed by atoms with Crippen LogP contribution >= 0.6 is 24.8 Å². The monoisotopic (exact) mass is 216 g/mol. The molecular formula is C6H14Cl2N2O2. The largest absolute Gasteiger partial charge is 0.389 e. The van der Waals surface area contributed by atoms with Gasteiger partial charge in [-0.15, -0.1) is 31.2 Å². The van der Waals surface area contributed by atoms with Crippen molar-refractivity contribution in [1.29, 1.82) is 0 Å². The van der Waals surface area contributed by atoms with Gasteiger partial charge in [0.1, 0.15) is 0 Å². The Morgan fingerprint density at radius 2 is 2.17 bits per heavy atom. The second-order valence-electron chi connectivity index (χ2n) is 1.82. The molecule has 12 heavy (non-hydrogen) atoms. The quantitative estimate of drug-likeness (QED) is 0.324. The molecule has 0 heterocycles. The average Bonchev–Trinajstić information content (AvgIpc) is 1.89. The molecule has 0 amide bonds. The van der Waals surface area contributed by atoms with Crippen LogP contribution in [0.3, 0.4) is 0 Å². The molecule has 0 spiro atoms. The zero-order valence-corrected chi connectivity index (χ0v) is 8.16. The molecule has 0 aliphatic rings. The molecule has 4 N–H and O–H groups in total. The van der Waals surface area contributed by atoms with Crippen LogP contribution in [0.1, 0.15) is 0 Å². The van der Waals surface area contributed by atoms with Gasteiger partial charge in [0, 0.05) is 6.54 Å². The summed E-state index contributed by atoms with van der Waals surface area (Å²) in [6, 6.07) is 0. The van der Waals surface area contributed by atoms with Crippen LogP contribution in [0.2, 0.25) is 0 Å². The Bertz CT molecular complexity index is 119. The van der Waals surface area contributed by atoms with Crippen LogP contribution in [0.4, 0.5) is 0 Å². The van der Waals surface area contributed by atoms with Crippen LogP contribution in [0.25, 0.3) is 0 Å². The van der Waals surface area contributed by atoms with Gasteiger partial charge in [-0.1, -0.05) is 5.92 Å². The summed E-state index contributed by atoms with van der Waals surface area (Å²) in [5.74, 6) is 7.08. The van der Waals surface area contributed by atoms with E-state index in [4.69, 9.17) is 17.4 Å². The maximum Gasteiger partial charge on any atom is 0.0951 e. The van der Waals surface area contributed by atoms with E-state index in [-0.39, 0.29) is 31.4 Å². The molecule has 4 nitrogen and oxygen atoms in total. The van der Waals surface area contributed by atoms with E-state index in [2.05, 4.69) is 16.1 Å². The van der Waals surface area contributed by atoms with E-state index >= 15 is 0 Å². The van der Waals surface area contributed by atoms with Crippen molar-refractivity contribution in [3.05, 3.63) is 0 Å². The fraction of sp³-hybridized carbons (Fsp3) is 0.667. The molecular weight excluding hydrogens is 203 g/mol. The van der Waals surface area contributed by atoms with Crippen LogP contribution < -0.4 is 11.2 Å². The first-order valence-corrected chi connectivity index (χ1v) is 2.95. The van der Waals surface area contributed by atoms with Crippen molar-refractivity contribution in [3.8, 4) is 12.3 Å². The van der Waals surface area contributed by atoms with Gasteiger partial charge in [0.05, 0.1) is 19.3 Å².